The van der Waals surface area contributed by atoms with Crippen molar-refractivity contribution in [2.24, 2.45) is 0 Å². The molecule has 142 valence electrons. The molecule has 0 unspecified atom stereocenters. The molecule has 0 saturated carbocycles. The second kappa shape index (κ2) is 8.00. The number of benzene rings is 1. The van der Waals surface area contributed by atoms with Crippen molar-refractivity contribution in [3.05, 3.63) is 47.0 Å². The monoisotopic (exact) mass is 396 g/mol. The number of carbonyl (C=O) groups excluding carboxylic acids is 1. The molecule has 0 saturated heterocycles. The van der Waals surface area contributed by atoms with Gasteiger partial charge >= 0.3 is 12.7 Å². The van der Waals surface area contributed by atoms with Gasteiger partial charge in [-0.1, -0.05) is 11.6 Å². The van der Waals surface area contributed by atoms with Crippen LogP contribution < -0.4 is 5.32 Å². The highest BCUT2D eigenvalue weighted by atomic mass is 35.5. The molecule has 0 atom stereocenters. The van der Waals surface area contributed by atoms with Crippen LogP contribution in [0.5, 0.6) is 0 Å². The first-order chi connectivity index (χ1) is 12.1. The minimum Gasteiger partial charge on any atom is -0.325 e. The summed E-state index contributed by atoms with van der Waals surface area (Å²) in [4.78, 5) is 17.2. The Balaban J connectivity index is 1.99. The molecule has 1 amide bonds. The predicted octanol–water partition coefficient (Wildman–Crippen LogP) is 4.02. The van der Waals surface area contributed by atoms with E-state index in [-0.39, 0.29) is 24.6 Å². The van der Waals surface area contributed by atoms with Gasteiger partial charge in [0.25, 0.3) is 0 Å². The number of likely N-dealkylation sites (N-methyl/N-ethyl adjacent to an activating group) is 1. The highest BCUT2D eigenvalue weighted by Crippen LogP contribution is 2.36. The van der Waals surface area contributed by atoms with Crippen LogP contribution in [0.3, 0.4) is 0 Å². The van der Waals surface area contributed by atoms with E-state index in [9.17, 15) is 26.7 Å². The van der Waals surface area contributed by atoms with Crippen molar-refractivity contribution in [3.8, 4) is 0 Å². The van der Waals surface area contributed by atoms with Crippen LogP contribution in [0.1, 0.15) is 17.9 Å². The lowest BCUT2D eigenvalue weighted by atomic mass is 10.2. The maximum Gasteiger partial charge on any atom is 0.417 e. The number of aromatic nitrogens is 2. The molecular formula is C15H14ClF5N4O. The van der Waals surface area contributed by atoms with Gasteiger partial charge in [-0.05, 0) is 25.2 Å². The van der Waals surface area contributed by atoms with Crippen molar-refractivity contribution < 1.29 is 26.7 Å². The quantitative estimate of drug-likeness (QED) is 0.750. The third kappa shape index (κ3) is 5.15. The van der Waals surface area contributed by atoms with E-state index in [4.69, 9.17) is 11.6 Å². The first-order valence-electron chi connectivity index (χ1n) is 7.23. The Morgan fingerprint density at radius 3 is 2.69 bits per heavy atom. The van der Waals surface area contributed by atoms with Crippen molar-refractivity contribution in [3.63, 3.8) is 0 Å². The van der Waals surface area contributed by atoms with Gasteiger partial charge in [-0.2, -0.15) is 22.0 Å². The number of rotatable bonds is 6. The fourth-order valence-electron chi connectivity index (χ4n) is 2.21. The van der Waals surface area contributed by atoms with Gasteiger partial charge in [-0.25, -0.2) is 4.98 Å². The minimum atomic E-state index is -4.65. The van der Waals surface area contributed by atoms with E-state index in [1.807, 2.05) is 0 Å². The molecule has 26 heavy (non-hydrogen) atoms. The minimum absolute atomic E-state index is 0.0425. The lowest BCUT2D eigenvalue weighted by Crippen LogP contribution is -2.31. The van der Waals surface area contributed by atoms with Gasteiger partial charge in [0.2, 0.25) is 5.91 Å². The van der Waals surface area contributed by atoms with Crippen LogP contribution in [0.15, 0.2) is 30.6 Å². The fourth-order valence-corrected chi connectivity index (χ4v) is 2.43. The lowest BCUT2D eigenvalue weighted by molar-refractivity contribution is -0.137. The summed E-state index contributed by atoms with van der Waals surface area (Å²) < 4.78 is 64.6. The number of amides is 1. The topological polar surface area (TPSA) is 50.2 Å². The molecule has 1 aromatic carbocycles. The molecule has 0 aliphatic heterocycles. The fraction of sp³-hybridized carbons (Fsp3) is 0.333. The molecule has 1 N–H and O–H groups in total. The first-order valence-corrected chi connectivity index (χ1v) is 7.60. The SMILES string of the molecule is CN(CC(=O)Nc1ccc(Cl)c(C(F)(F)F)c1)Cc1nccn1C(F)F. The van der Waals surface area contributed by atoms with Crippen molar-refractivity contribution in [1.29, 1.82) is 0 Å². The number of hydrogen-bond acceptors (Lipinski definition) is 3. The summed E-state index contributed by atoms with van der Waals surface area (Å²) in [5.74, 6) is -0.556. The summed E-state index contributed by atoms with van der Waals surface area (Å²) >= 11 is 5.51. The maximum atomic E-state index is 12.8. The summed E-state index contributed by atoms with van der Waals surface area (Å²) in [7, 11) is 1.49. The molecule has 0 aliphatic carbocycles. The van der Waals surface area contributed by atoms with Crippen LogP contribution in [0.25, 0.3) is 0 Å². The van der Waals surface area contributed by atoms with Crippen LogP contribution in [0.2, 0.25) is 5.02 Å². The highest BCUT2D eigenvalue weighted by molar-refractivity contribution is 6.31. The number of halogens is 6. The van der Waals surface area contributed by atoms with Gasteiger partial charge < -0.3 is 5.32 Å². The van der Waals surface area contributed by atoms with Gasteiger partial charge in [0.15, 0.2) is 0 Å². The summed E-state index contributed by atoms with van der Waals surface area (Å²) in [6.07, 6.45) is -2.33. The third-order valence-corrected chi connectivity index (χ3v) is 3.67. The lowest BCUT2D eigenvalue weighted by Gasteiger charge is -2.17. The second-order valence-electron chi connectivity index (χ2n) is 5.44. The van der Waals surface area contributed by atoms with Gasteiger partial charge in [-0.15, -0.1) is 0 Å². The van der Waals surface area contributed by atoms with Crippen molar-refractivity contribution in [2.75, 3.05) is 18.9 Å². The molecular weight excluding hydrogens is 383 g/mol. The zero-order valence-corrected chi connectivity index (χ0v) is 14.2. The average molecular weight is 397 g/mol. The van der Waals surface area contributed by atoms with Crippen LogP contribution in [-0.4, -0.2) is 34.0 Å². The van der Waals surface area contributed by atoms with Gasteiger partial charge in [0.05, 0.1) is 23.7 Å². The summed E-state index contributed by atoms with van der Waals surface area (Å²) in [6, 6.07) is 2.99. The number of imidazole rings is 1. The maximum absolute atomic E-state index is 12.8. The van der Waals surface area contributed by atoms with E-state index in [2.05, 4.69) is 10.3 Å². The average Bonchev–Trinajstić information content (AvgIpc) is 2.96. The van der Waals surface area contributed by atoms with Gasteiger partial charge in [0, 0.05) is 18.1 Å². The molecule has 0 bridgehead atoms. The summed E-state index contributed by atoms with van der Waals surface area (Å²) in [6.45, 7) is -3.04. The van der Waals surface area contributed by atoms with E-state index in [1.54, 1.807) is 0 Å². The number of carbonyl (C=O) groups is 1. The molecule has 0 aliphatic rings. The van der Waals surface area contributed by atoms with Crippen molar-refractivity contribution >= 4 is 23.2 Å². The van der Waals surface area contributed by atoms with E-state index in [0.717, 1.165) is 18.3 Å². The Hall–Kier alpha value is -2.20. The molecule has 0 spiro atoms. The third-order valence-electron chi connectivity index (χ3n) is 3.34. The largest absolute Gasteiger partial charge is 0.417 e. The zero-order chi connectivity index (χ0) is 19.5. The molecule has 2 rings (SSSR count). The second-order valence-corrected chi connectivity index (χ2v) is 5.85. The van der Waals surface area contributed by atoms with Crippen LogP contribution in [0, 0.1) is 0 Å². The smallest absolute Gasteiger partial charge is 0.325 e. The Morgan fingerprint density at radius 1 is 1.38 bits per heavy atom. The Labute approximate surface area is 150 Å². The van der Waals surface area contributed by atoms with E-state index in [0.29, 0.717) is 4.57 Å². The summed E-state index contributed by atoms with van der Waals surface area (Å²) in [5, 5.41) is 1.83. The molecule has 2 aromatic rings. The van der Waals surface area contributed by atoms with Crippen molar-refractivity contribution in [1.82, 2.24) is 14.5 Å². The van der Waals surface area contributed by atoms with Crippen LogP contribution in [-0.2, 0) is 17.5 Å². The van der Waals surface area contributed by atoms with Gasteiger partial charge in [-0.3, -0.25) is 14.3 Å². The highest BCUT2D eigenvalue weighted by Gasteiger charge is 2.33. The molecule has 5 nitrogen and oxygen atoms in total. The first kappa shape index (κ1) is 20.1. The number of alkyl halides is 5. The molecule has 11 heteroatoms. The molecule has 0 radical (unpaired) electrons. The van der Waals surface area contributed by atoms with Crippen LogP contribution in [0.4, 0.5) is 27.6 Å². The van der Waals surface area contributed by atoms with E-state index >= 15 is 0 Å². The standard InChI is InChI=1S/C15H14ClF5N4O/c1-24(7-12-22-4-5-25(12)14(17)18)8-13(26)23-9-2-3-11(16)10(6-9)15(19,20)21/h2-6,14H,7-8H2,1H3,(H,23,26). The molecule has 0 fully saturated rings. The normalized spacial score (nSPS) is 12.0. The number of hydrogen-bond donors (Lipinski definition) is 1. The van der Waals surface area contributed by atoms with Crippen LogP contribution >= 0.6 is 11.6 Å². The number of nitrogens with zero attached hydrogens (tertiary/aromatic N) is 3. The van der Waals surface area contributed by atoms with Gasteiger partial charge in [0.1, 0.15) is 5.82 Å². The Kier molecular flexibility index (Phi) is 6.19. The Bertz CT molecular complexity index is 778. The van der Waals surface area contributed by atoms with E-state index < -0.39 is 29.2 Å². The van der Waals surface area contributed by atoms with Crippen molar-refractivity contribution in [2.45, 2.75) is 19.3 Å². The van der Waals surface area contributed by atoms with E-state index in [1.165, 1.54) is 24.2 Å². The number of anilines is 1. The summed E-state index contributed by atoms with van der Waals surface area (Å²) in [5.41, 5.74) is -1.14. The Morgan fingerprint density at radius 2 is 2.08 bits per heavy atom. The number of nitrogens with one attached hydrogen (secondary N) is 1. The molecule has 1 heterocycles. The predicted molar refractivity (Wildman–Crippen MR) is 84.9 cm³/mol. The zero-order valence-electron chi connectivity index (χ0n) is 13.4. The molecule has 1 aromatic heterocycles.